The van der Waals surface area contributed by atoms with Crippen molar-refractivity contribution in [3.8, 4) is 11.5 Å². The van der Waals surface area contributed by atoms with Gasteiger partial charge in [-0.15, -0.1) is 0 Å². The number of hydrogen-bond acceptors (Lipinski definition) is 7. The van der Waals surface area contributed by atoms with Gasteiger partial charge in [-0.2, -0.15) is 22.0 Å². The van der Waals surface area contributed by atoms with Crippen LogP contribution in [0.1, 0.15) is 57.6 Å². The Morgan fingerprint density at radius 2 is 1.55 bits per heavy atom. The summed E-state index contributed by atoms with van der Waals surface area (Å²) in [5.41, 5.74) is 1.10. The van der Waals surface area contributed by atoms with Crippen molar-refractivity contribution in [3.63, 3.8) is 0 Å². The van der Waals surface area contributed by atoms with Crippen LogP contribution in [0.25, 0.3) is 0 Å². The van der Waals surface area contributed by atoms with E-state index in [1.807, 2.05) is 24.3 Å². The Labute approximate surface area is 281 Å². The molecule has 0 unspecified atom stereocenters. The molecule has 0 N–H and O–H groups in total. The number of piperidine rings is 2. The maximum Gasteiger partial charge on any atom is 0.456 e. The van der Waals surface area contributed by atoms with Crippen LogP contribution in [0.5, 0.6) is 11.5 Å². The molecule has 0 aromatic heterocycles. The average Bonchev–Trinajstić information content (AvgIpc) is 3.04. The fourth-order valence-corrected chi connectivity index (χ4v) is 5.98. The third kappa shape index (κ3) is 8.84. The predicted octanol–water partition coefficient (Wildman–Crippen LogP) is 6.73. The molecule has 5 rings (SSSR count). The second-order valence-corrected chi connectivity index (χ2v) is 13.4. The van der Waals surface area contributed by atoms with Crippen molar-refractivity contribution in [2.24, 2.45) is 0 Å². The zero-order valence-electron chi connectivity index (χ0n) is 27.6. The van der Waals surface area contributed by atoms with Gasteiger partial charge >= 0.3 is 24.3 Å². The molecule has 3 aliphatic heterocycles. The number of amides is 3. The topological polar surface area (TPSA) is 97.9 Å². The fourth-order valence-electron chi connectivity index (χ4n) is 5.98. The van der Waals surface area contributed by atoms with E-state index in [1.165, 1.54) is 18.2 Å². The third-order valence-electron chi connectivity index (χ3n) is 8.58. The lowest BCUT2D eigenvalue weighted by Gasteiger charge is -2.40. The molecule has 49 heavy (non-hydrogen) atoms. The highest BCUT2D eigenvalue weighted by molar-refractivity contribution is 5.91. The summed E-state index contributed by atoms with van der Waals surface area (Å²) in [5.74, 6) is -5.68. The number of cyclic esters (lactones) is 1. The van der Waals surface area contributed by atoms with E-state index in [0.29, 0.717) is 51.9 Å². The predicted molar refractivity (Wildman–Crippen MR) is 167 cm³/mol. The number of carbonyl (C=O) groups excluding carboxylic acids is 3. The van der Waals surface area contributed by atoms with Gasteiger partial charge in [-0.1, -0.05) is 24.3 Å². The molecule has 15 heteroatoms. The maximum atomic E-state index is 13.9. The SMILES string of the molecule is CC(C)(C)OC(=O)N1CCC(Oc2ccc(CC(=O)N3CCC(N4C(=O)OCc5ccccc54)CC3)c(OCC(F)(F)C(F)(F)F)c2)CC1. The molecule has 3 amide bonds. The van der Waals surface area contributed by atoms with Crippen LogP contribution in [0, 0.1) is 0 Å². The van der Waals surface area contributed by atoms with Gasteiger partial charge in [0.15, 0.2) is 6.61 Å². The van der Waals surface area contributed by atoms with Gasteiger partial charge in [-0.3, -0.25) is 9.69 Å². The molecule has 10 nitrogen and oxygen atoms in total. The summed E-state index contributed by atoms with van der Waals surface area (Å²) in [4.78, 5) is 43.1. The van der Waals surface area contributed by atoms with Crippen molar-refractivity contribution in [2.45, 2.75) is 89.3 Å². The molecule has 0 atom stereocenters. The molecule has 0 saturated carbocycles. The number of para-hydroxylation sites is 1. The number of likely N-dealkylation sites (tertiary alicyclic amines) is 2. The fraction of sp³-hybridized carbons (Fsp3) is 0.559. The Kier molecular flexibility index (Phi) is 10.5. The molecule has 268 valence electrons. The number of ether oxygens (including phenoxy) is 4. The summed E-state index contributed by atoms with van der Waals surface area (Å²) in [5, 5.41) is 0. The highest BCUT2D eigenvalue weighted by Gasteiger charge is 2.58. The van der Waals surface area contributed by atoms with Crippen molar-refractivity contribution in [1.82, 2.24) is 9.80 Å². The minimum absolute atomic E-state index is 0.116. The largest absolute Gasteiger partial charge is 0.490 e. The van der Waals surface area contributed by atoms with Gasteiger partial charge in [-0.25, -0.2) is 9.59 Å². The first-order chi connectivity index (χ1) is 23.0. The summed E-state index contributed by atoms with van der Waals surface area (Å²) in [6.45, 7) is 4.76. The Morgan fingerprint density at radius 3 is 2.20 bits per heavy atom. The smallest absolute Gasteiger partial charge is 0.456 e. The quantitative estimate of drug-likeness (QED) is 0.282. The number of anilines is 1. The molecule has 2 saturated heterocycles. The highest BCUT2D eigenvalue weighted by Crippen LogP contribution is 2.37. The van der Waals surface area contributed by atoms with Crippen LogP contribution in [0.4, 0.5) is 37.2 Å². The van der Waals surface area contributed by atoms with Crippen molar-refractivity contribution >= 4 is 23.8 Å². The van der Waals surface area contributed by atoms with Crippen LogP contribution in [0.15, 0.2) is 42.5 Å². The number of halogens is 5. The minimum atomic E-state index is -5.83. The van der Waals surface area contributed by atoms with E-state index in [-0.39, 0.29) is 48.1 Å². The second-order valence-electron chi connectivity index (χ2n) is 13.4. The Bertz CT molecular complexity index is 1510. The first-order valence-electron chi connectivity index (χ1n) is 16.2. The molecule has 0 aliphatic carbocycles. The number of carbonyl (C=O) groups is 3. The molecule has 0 radical (unpaired) electrons. The van der Waals surface area contributed by atoms with Crippen molar-refractivity contribution in [3.05, 3.63) is 53.6 Å². The standard InChI is InChI=1S/C34H40F5N3O7/c1-32(2,3)49-30(44)41-16-12-25(13-17-41)48-26-9-8-22(28(19-26)47-21-33(35,36)34(37,38)39)18-29(43)40-14-10-24(11-15-40)42-27-7-5-4-6-23(27)20-46-31(42)45/h4-9,19,24-25H,10-18,20-21H2,1-3H3. The summed E-state index contributed by atoms with van der Waals surface area (Å²) < 4.78 is 88.3. The van der Waals surface area contributed by atoms with Gasteiger partial charge < -0.3 is 28.7 Å². The number of benzene rings is 2. The Balaban J connectivity index is 1.23. The second kappa shape index (κ2) is 14.3. The maximum absolute atomic E-state index is 13.9. The van der Waals surface area contributed by atoms with E-state index >= 15 is 0 Å². The first kappa shape index (κ1) is 36.0. The molecule has 0 spiro atoms. The number of nitrogens with zero attached hydrogens (tertiary/aromatic N) is 3. The number of alkyl halides is 5. The normalized spacial score (nSPS) is 18.1. The van der Waals surface area contributed by atoms with Crippen LogP contribution in [-0.2, 0) is 27.3 Å². The van der Waals surface area contributed by atoms with Crippen molar-refractivity contribution < 1.29 is 55.3 Å². The molecule has 0 bridgehead atoms. The van der Waals surface area contributed by atoms with E-state index in [0.717, 1.165) is 11.3 Å². The molecular weight excluding hydrogens is 657 g/mol. The lowest BCUT2D eigenvalue weighted by molar-refractivity contribution is -0.290. The van der Waals surface area contributed by atoms with Gasteiger partial charge in [0, 0.05) is 62.3 Å². The van der Waals surface area contributed by atoms with Crippen LogP contribution in [0.3, 0.4) is 0 Å². The summed E-state index contributed by atoms with van der Waals surface area (Å²) in [6.07, 6.45) is -5.67. The Hall–Kier alpha value is -4.30. The van der Waals surface area contributed by atoms with Gasteiger partial charge in [0.05, 0.1) is 12.1 Å². The highest BCUT2D eigenvalue weighted by atomic mass is 19.4. The molecule has 2 aromatic rings. The van der Waals surface area contributed by atoms with E-state index in [4.69, 9.17) is 18.9 Å². The monoisotopic (exact) mass is 697 g/mol. The van der Waals surface area contributed by atoms with Crippen LogP contribution in [-0.4, -0.2) is 90.5 Å². The van der Waals surface area contributed by atoms with Crippen LogP contribution in [0.2, 0.25) is 0 Å². The summed E-state index contributed by atoms with van der Waals surface area (Å²) in [6, 6.07) is 11.3. The average molecular weight is 698 g/mol. The molecular formula is C34H40F5N3O7. The van der Waals surface area contributed by atoms with Gasteiger partial charge in [0.2, 0.25) is 5.91 Å². The number of rotatable bonds is 8. The van der Waals surface area contributed by atoms with Gasteiger partial charge in [0.1, 0.15) is 29.8 Å². The minimum Gasteiger partial charge on any atom is -0.490 e. The van der Waals surface area contributed by atoms with Gasteiger partial charge in [-0.05, 0) is 45.7 Å². The summed E-state index contributed by atoms with van der Waals surface area (Å²) >= 11 is 0. The zero-order chi connectivity index (χ0) is 35.6. The molecule has 2 fully saturated rings. The van der Waals surface area contributed by atoms with Gasteiger partial charge in [0.25, 0.3) is 0 Å². The molecule has 2 aromatic carbocycles. The van der Waals surface area contributed by atoms with E-state index in [2.05, 4.69) is 0 Å². The van der Waals surface area contributed by atoms with E-state index in [1.54, 1.807) is 35.5 Å². The van der Waals surface area contributed by atoms with Crippen LogP contribution >= 0.6 is 0 Å². The summed E-state index contributed by atoms with van der Waals surface area (Å²) in [7, 11) is 0. The lowest BCUT2D eigenvalue weighted by atomic mass is 10.00. The van der Waals surface area contributed by atoms with Crippen molar-refractivity contribution in [2.75, 3.05) is 37.7 Å². The van der Waals surface area contributed by atoms with Crippen LogP contribution < -0.4 is 14.4 Å². The number of fused-ring (bicyclic) bond motifs is 1. The van der Waals surface area contributed by atoms with E-state index < -0.39 is 36.5 Å². The molecule has 3 heterocycles. The lowest BCUT2D eigenvalue weighted by Crippen LogP contribution is -2.50. The first-order valence-corrected chi connectivity index (χ1v) is 16.2. The number of hydrogen-bond donors (Lipinski definition) is 0. The molecule has 3 aliphatic rings. The van der Waals surface area contributed by atoms with E-state index in [9.17, 15) is 36.3 Å². The zero-order valence-corrected chi connectivity index (χ0v) is 27.6. The van der Waals surface area contributed by atoms with Crippen molar-refractivity contribution in [1.29, 1.82) is 0 Å². The Morgan fingerprint density at radius 1 is 0.898 bits per heavy atom. The third-order valence-corrected chi connectivity index (χ3v) is 8.58.